The highest BCUT2D eigenvalue weighted by Gasteiger charge is 2.21. The first-order valence-electron chi connectivity index (χ1n) is 8.37. The molecule has 1 unspecified atom stereocenters. The first-order chi connectivity index (χ1) is 13.3. The number of hydrazone groups is 1. The van der Waals surface area contributed by atoms with Gasteiger partial charge in [0.1, 0.15) is 5.92 Å². The third-order valence-corrected chi connectivity index (χ3v) is 4.64. The average Bonchev–Trinajstić information content (AvgIpc) is 2.66. The standard InChI is InChI=1S/C19H19BrClN3O4/c1-3-28-16-9-12(8-14(21)17(16)25)10-22-24-19(27)11(2)18(26)23-15-7-5-4-6-13(15)20/h4-11,25H,3H2,1-2H3,(H,23,26)(H,24,27)/b22-10+. The van der Waals surface area contributed by atoms with Crippen molar-refractivity contribution in [2.24, 2.45) is 11.0 Å². The van der Waals surface area contributed by atoms with Gasteiger partial charge in [-0.3, -0.25) is 9.59 Å². The van der Waals surface area contributed by atoms with Gasteiger partial charge < -0.3 is 15.2 Å². The Bertz CT molecular complexity index is 905. The molecule has 9 heteroatoms. The van der Waals surface area contributed by atoms with Gasteiger partial charge in [0.2, 0.25) is 5.91 Å². The molecule has 0 aromatic heterocycles. The maximum Gasteiger partial charge on any atom is 0.252 e. The number of anilines is 1. The van der Waals surface area contributed by atoms with E-state index in [0.717, 1.165) is 0 Å². The number of halogens is 2. The molecule has 28 heavy (non-hydrogen) atoms. The van der Waals surface area contributed by atoms with Crippen molar-refractivity contribution >= 4 is 51.2 Å². The Labute approximate surface area is 175 Å². The maximum absolute atomic E-state index is 12.2. The zero-order valence-corrected chi connectivity index (χ0v) is 17.5. The lowest BCUT2D eigenvalue weighted by atomic mass is 10.1. The van der Waals surface area contributed by atoms with Gasteiger partial charge in [0.15, 0.2) is 11.5 Å². The lowest BCUT2D eigenvalue weighted by Gasteiger charge is -2.12. The highest BCUT2D eigenvalue weighted by Crippen LogP contribution is 2.34. The largest absolute Gasteiger partial charge is 0.503 e. The van der Waals surface area contributed by atoms with Crippen molar-refractivity contribution < 1.29 is 19.4 Å². The molecule has 0 saturated carbocycles. The quantitative estimate of drug-likeness (QED) is 0.326. The van der Waals surface area contributed by atoms with Crippen LogP contribution in [0.5, 0.6) is 11.5 Å². The molecule has 2 aromatic rings. The molecule has 2 rings (SSSR count). The summed E-state index contributed by atoms with van der Waals surface area (Å²) in [5, 5.41) is 16.4. The number of rotatable bonds is 7. The van der Waals surface area contributed by atoms with Crippen LogP contribution < -0.4 is 15.5 Å². The Balaban J connectivity index is 1.99. The molecule has 0 aliphatic heterocycles. The normalized spacial score (nSPS) is 11.9. The van der Waals surface area contributed by atoms with E-state index in [1.807, 2.05) is 6.07 Å². The molecule has 148 valence electrons. The molecule has 0 heterocycles. The van der Waals surface area contributed by atoms with Gasteiger partial charge in [-0.05, 0) is 59.6 Å². The fraction of sp³-hybridized carbons (Fsp3) is 0.211. The minimum Gasteiger partial charge on any atom is -0.503 e. The zero-order chi connectivity index (χ0) is 20.7. The Morgan fingerprint density at radius 1 is 1.32 bits per heavy atom. The summed E-state index contributed by atoms with van der Waals surface area (Å²) < 4.78 is 5.99. The number of hydrogen-bond acceptors (Lipinski definition) is 5. The van der Waals surface area contributed by atoms with Crippen LogP contribution in [0.25, 0.3) is 0 Å². The molecule has 0 spiro atoms. The van der Waals surface area contributed by atoms with E-state index in [1.165, 1.54) is 25.3 Å². The highest BCUT2D eigenvalue weighted by atomic mass is 79.9. The van der Waals surface area contributed by atoms with Crippen molar-refractivity contribution in [2.45, 2.75) is 13.8 Å². The maximum atomic E-state index is 12.2. The molecule has 0 radical (unpaired) electrons. The van der Waals surface area contributed by atoms with Crippen molar-refractivity contribution in [1.29, 1.82) is 0 Å². The van der Waals surface area contributed by atoms with Crippen LogP contribution in [0.1, 0.15) is 19.4 Å². The van der Waals surface area contributed by atoms with E-state index in [-0.39, 0.29) is 16.5 Å². The number of benzene rings is 2. The minimum absolute atomic E-state index is 0.0971. The summed E-state index contributed by atoms with van der Waals surface area (Å²) in [5.41, 5.74) is 3.39. The molecule has 0 bridgehead atoms. The number of hydrogen-bond donors (Lipinski definition) is 3. The predicted octanol–water partition coefficient (Wildman–Crippen LogP) is 3.93. The Morgan fingerprint density at radius 2 is 2.04 bits per heavy atom. The number of aromatic hydroxyl groups is 1. The third kappa shape index (κ3) is 5.71. The first kappa shape index (κ1) is 21.7. The summed E-state index contributed by atoms with van der Waals surface area (Å²) in [6.45, 7) is 3.60. The van der Waals surface area contributed by atoms with Gasteiger partial charge in [-0.25, -0.2) is 5.43 Å². The van der Waals surface area contributed by atoms with Gasteiger partial charge in [0, 0.05) is 4.47 Å². The van der Waals surface area contributed by atoms with Crippen molar-refractivity contribution in [3.63, 3.8) is 0 Å². The number of para-hydroxylation sites is 1. The monoisotopic (exact) mass is 467 g/mol. The van der Waals surface area contributed by atoms with E-state index in [9.17, 15) is 14.7 Å². The van der Waals surface area contributed by atoms with Crippen LogP contribution in [0, 0.1) is 5.92 Å². The number of ether oxygens (including phenoxy) is 1. The Morgan fingerprint density at radius 3 is 2.71 bits per heavy atom. The third-order valence-electron chi connectivity index (χ3n) is 3.66. The van der Waals surface area contributed by atoms with E-state index in [2.05, 4.69) is 31.8 Å². The minimum atomic E-state index is -0.966. The molecule has 2 aromatic carbocycles. The molecule has 0 saturated heterocycles. The molecular formula is C19H19BrClN3O4. The molecular weight excluding hydrogens is 450 g/mol. The van der Waals surface area contributed by atoms with E-state index < -0.39 is 17.7 Å². The zero-order valence-electron chi connectivity index (χ0n) is 15.2. The second kappa shape index (κ2) is 10.1. The van der Waals surface area contributed by atoms with E-state index in [1.54, 1.807) is 25.1 Å². The van der Waals surface area contributed by atoms with Gasteiger partial charge >= 0.3 is 0 Å². The SMILES string of the molecule is CCOc1cc(/C=N/NC(=O)C(C)C(=O)Nc2ccccc2Br)cc(Cl)c1O. The summed E-state index contributed by atoms with van der Waals surface area (Å²) in [6, 6.07) is 10.1. The number of phenols is 1. The smallest absolute Gasteiger partial charge is 0.252 e. The van der Waals surface area contributed by atoms with Gasteiger partial charge in [0.25, 0.3) is 5.91 Å². The molecule has 1 atom stereocenters. The molecule has 2 amide bonds. The van der Waals surface area contributed by atoms with Crippen LogP contribution in [-0.4, -0.2) is 29.7 Å². The van der Waals surface area contributed by atoms with Crippen molar-refractivity contribution in [3.05, 3.63) is 51.5 Å². The fourth-order valence-corrected chi connectivity index (χ4v) is 2.73. The molecule has 0 aliphatic rings. The highest BCUT2D eigenvalue weighted by molar-refractivity contribution is 9.10. The van der Waals surface area contributed by atoms with Gasteiger partial charge in [0.05, 0.1) is 23.5 Å². The summed E-state index contributed by atoms with van der Waals surface area (Å²) in [5.74, 6) is -1.96. The molecule has 3 N–H and O–H groups in total. The van der Waals surface area contributed by atoms with Crippen LogP contribution in [0.3, 0.4) is 0 Å². The molecule has 0 aliphatic carbocycles. The lowest BCUT2D eigenvalue weighted by molar-refractivity contribution is -0.131. The first-order valence-corrected chi connectivity index (χ1v) is 9.54. The second-order valence-corrected chi connectivity index (χ2v) is 6.97. The summed E-state index contributed by atoms with van der Waals surface area (Å²) >= 11 is 9.27. The number of phenolic OH excluding ortho intramolecular Hbond substituents is 1. The predicted molar refractivity (Wildman–Crippen MR) is 112 cm³/mol. The van der Waals surface area contributed by atoms with Crippen LogP contribution >= 0.6 is 27.5 Å². The van der Waals surface area contributed by atoms with Crippen molar-refractivity contribution in [1.82, 2.24) is 5.43 Å². The summed E-state index contributed by atoms with van der Waals surface area (Å²) in [7, 11) is 0. The van der Waals surface area contributed by atoms with Crippen LogP contribution in [-0.2, 0) is 9.59 Å². The number of amides is 2. The Kier molecular flexibility index (Phi) is 7.83. The van der Waals surface area contributed by atoms with E-state index >= 15 is 0 Å². The van der Waals surface area contributed by atoms with Crippen molar-refractivity contribution in [2.75, 3.05) is 11.9 Å². The van der Waals surface area contributed by atoms with Gasteiger partial charge in [-0.2, -0.15) is 5.10 Å². The van der Waals surface area contributed by atoms with Crippen LogP contribution in [0.15, 0.2) is 46.0 Å². The van der Waals surface area contributed by atoms with Crippen LogP contribution in [0.2, 0.25) is 5.02 Å². The number of nitrogens with zero attached hydrogens (tertiary/aromatic N) is 1. The van der Waals surface area contributed by atoms with E-state index in [0.29, 0.717) is 22.3 Å². The van der Waals surface area contributed by atoms with Crippen molar-refractivity contribution in [3.8, 4) is 11.5 Å². The van der Waals surface area contributed by atoms with Gasteiger partial charge in [-0.1, -0.05) is 23.7 Å². The lowest BCUT2D eigenvalue weighted by Crippen LogP contribution is -2.34. The average molecular weight is 469 g/mol. The van der Waals surface area contributed by atoms with Crippen LogP contribution in [0.4, 0.5) is 5.69 Å². The van der Waals surface area contributed by atoms with E-state index in [4.69, 9.17) is 16.3 Å². The summed E-state index contributed by atoms with van der Waals surface area (Å²) in [4.78, 5) is 24.4. The number of carbonyl (C=O) groups excluding carboxylic acids is 2. The number of nitrogens with one attached hydrogen (secondary N) is 2. The molecule has 0 fully saturated rings. The topological polar surface area (TPSA) is 100 Å². The number of carbonyl (C=O) groups is 2. The Hall–Kier alpha value is -2.58. The van der Waals surface area contributed by atoms with Gasteiger partial charge in [-0.15, -0.1) is 0 Å². The fourth-order valence-electron chi connectivity index (χ4n) is 2.12. The summed E-state index contributed by atoms with van der Waals surface area (Å²) in [6.07, 6.45) is 1.34. The second-order valence-electron chi connectivity index (χ2n) is 5.71. The molecule has 7 nitrogen and oxygen atoms in total.